The number of benzene rings is 1. The first-order valence-corrected chi connectivity index (χ1v) is 11.9. The van der Waals surface area contributed by atoms with E-state index in [1.165, 1.54) is 6.20 Å². The van der Waals surface area contributed by atoms with E-state index in [2.05, 4.69) is 35.4 Å². The fourth-order valence-corrected chi connectivity index (χ4v) is 4.48. The molecule has 3 aromatic heterocycles. The molecule has 0 amide bonds. The SMILES string of the molecule is CNCc1cc(F)c(-c2ncc3[nH]nc(-c4ccc(N5CCO[C@@H](COC)C5)nc4)c3n2)c(C(F)(F)F)c1. The summed E-state index contributed by atoms with van der Waals surface area (Å²) >= 11 is 0. The molecule has 0 unspecified atom stereocenters. The van der Waals surface area contributed by atoms with Gasteiger partial charge in [-0.3, -0.25) is 5.10 Å². The van der Waals surface area contributed by atoms with Crippen LogP contribution in [0.25, 0.3) is 33.7 Å². The summed E-state index contributed by atoms with van der Waals surface area (Å²) in [4.78, 5) is 14.9. The van der Waals surface area contributed by atoms with Crippen molar-refractivity contribution in [3.8, 4) is 22.6 Å². The molecule has 0 bridgehead atoms. The molecule has 1 aliphatic rings. The maximum absolute atomic E-state index is 15.0. The van der Waals surface area contributed by atoms with Crippen LogP contribution in [0.1, 0.15) is 11.1 Å². The highest BCUT2D eigenvalue weighted by Gasteiger charge is 2.37. The Bertz CT molecular complexity index is 1420. The van der Waals surface area contributed by atoms with Crippen molar-refractivity contribution in [3.05, 3.63) is 53.6 Å². The van der Waals surface area contributed by atoms with Crippen LogP contribution in [-0.2, 0) is 22.2 Å². The molecule has 0 radical (unpaired) electrons. The summed E-state index contributed by atoms with van der Waals surface area (Å²) in [5, 5.41) is 9.78. The molecular weight excluding hydrogens is 506 g/mol. The molecule has 0 spiro atoms. The first-order chi connectivity index (χ1) is 18.3. The van der Waals surface area contributed by atoms with E-state index in [-0.39, 0.29) is 29.6 Å². The molecule has 200 valence electrons. The van der Waals surface area contributed by atoms with Gasteiger partial charge < -0.3 is 19.7 Å². The third kappa shape index (κ3) is 5.17. The summed E-state index contributed by atoms with van der Waals surface area (Å²) in [6, 6.07) is 5.59. The van der Waals surface area contributed by atoms with Crippen molar-refractivity contribution >= 4 is 16.9 Å². The van der Waals surface area contributed by atoms with Crippen LogP contribution >= 0.6 is 0 Å². The topological polar surface area (TPSA) is 101 Å². The van der Waals surface area contributed by atoms with Crippen molar-refractivity contribution in [1.29, 1.82) is 0 Å². The zero-order valence-electron chi connectivity index (χ0n) is 20.6. The van der Waals surface area contributed by atoms with Gasteiger partial charge in [0.25, 0.3) is 0 Å². The Morgan fingerprint density at radius 2 is 2.05 bits per heavy atom. The van der Waals surface area contributed by atoms with Crippen LogP contribution < -0.4 is 10.2 Å². The number of morpholine rings is 1. The lowest BCUT2D eigenvalue weighted by Gasteiger charge is -2.33. The minimum Gasteiger partial charge on any atom is -0.382 e. The average molecular weight is 532 g/mol. The van der Waals surface area contributed by atoms with Gasteiger partial charge in [-0.05, 0) is 36.9 Å². The van der Waals surface area contributed by atoms with Crippen molar-refractivity contribution in [2.75, 3.05) is 45.4 Å². The number of anilines is 1. The molecule has 0 aliphatic carbocycles. The number of aromatic nitrogens is 5. The molecular formula is C25H25F4N7O2. The Labute approximate surface area is 215 Å². The lowest BCUT2D eigenvalue weighted by Crippen LogP contribution is -2.44. The monoisotopic (exact) mass is 531 g/mol. The van der Waals surface area contributed by atoms with Gasteiger partial charge in [0.15, 0.2) is 5.82 Å². The van der Waals surface area contributed by atoms with Crippen molar-refractivity contribution in [1.82, 2.24) is 30.5 Å². The number of pyridine rings is 1. The van der Waals surface area contributed by atoms with Crippen molar-refractivity contribution < 1.29 is 27.0 Å². The number of hydrogen-bond acceptors (Lipinski definition) is 8. The van der Waals surface area contributed by atoms with Gasteiger partial charge in [-0.2, -0.15) is 18.3 Å². The van der Waals surface area contributed by atoms with Crippen LogP contribution in [0.2, 0.25) is 0 Å². The van der Waals surface area contributed by atoms with E-state index < -0.39 is 23.1 Å². The summed E-state index contributed by atoms with van der Waals surface area (Å²) in [5.74, 6) is -0.701. The molecule has 1 aliphatic heterocycles. The average Bonchev–Trinajstić information content (AvgIpc) is 3.32. The number of ether oxygens (including phenoxy) is 2. The van der Waals surface area contributed by atoms with Gasteiger partial charge in [0, 0.05) is 38.5 Å². The smallest absolute Gasteiger partial charge is 0.382 e. The summed E-state index contributed by atoms with van der Waals surface area (Å²) in [5.41, 5.74) is -0.0959. The highest BCUT2D eigenvalue weighted by Crippen LogP contribution is 2.39. The number of alkyl halides is 3. The molecule has 1 fully saturated rings. The third-order valence-corrected chi connectivity index (χ3v) is 6.20. The van der Waals surface area contributed by atoms with Crippen molar-refractivity contribution in [2.45, 2.75) is 18.8 Å². The molecule has 38 heavy (non-hydrogen) atoms. The number of hydrogen-bond donors (Lipinski definition) is 2. The Hall–Kier alpha value is -3.68. The van der Waals surface area contributed by atoms with Gasteiger partial charge in [-0.15, -0.1) is 0 Å². The summed E-state index contributed by atoms with van der Waals surface area (Å²) in [6.07, 6.45) is -1.96. The largest absolute Gasteiger partial charge is 0.417 e. The number of fused-ring (bicyclic) bond motifs is 1. The summed E-state index contributed by atoms with van der Waals surface area (Å²) in [6.45, 7) is 2.40. The summed E-state index contributed by atoms with van der Waals surface area (Å²) < 4.78 is 67.6. The quantitative estimate of drug-likeness (QED) is 0.348. The molecule has 1 atom stereocenters. The maximum atomic E-state index is 15.0. The standard InChI is InChI=1S/C25H25F4N7O2/c1-30-9-14-7-17(25(27,28)29)21(18(26)8-14)24-32-11-19-23(33-24)22(35-34-19)15-3-4-20(31-10-15)36-5-6-38-16(12-36)13-37-2/h3-4,7-8,10-11,16,30H,5-6,9,12-13H2,1-2H3,(H,34,35)/t16-/m1/s1. The highest BCUT2D eigenvalue weighted by molar-refractivity contribution is 5.90. The first-order valence-electron chi connectivity index (χ1n) is 11.9. The van der Waals surface area contributed by atoms with E-state index in [1.807, 2.05) is 6.07 Å². The van der Waals surface area contributed by atoms with Crippen LogP contribution in [0.5, 0.6) is 0 Å². The van der Waals surface area contributed by atoms with Crippen molar-refractivity contribution in [2.24, 2.45) is 0 Å². The zero-order chi connectivity index (χ0) is 26.9. The van der Waals surface area contributed by atoms with E-state index in [0.717, 1.165) is 18.0 Å². The highest BCUT2D eigenvalue weighted by atomic mass is 19.4. The maximum Gasteiger partial charge on any atom is 0.417 e. The van der Waals surface area contributed by atoms with Gasteiger partial charge >= 0.3 is 6.18 Å². The second-order valence-corrected chi connectivity index (χ2v) is 8.86. The van der Waals surface area contributed by atoms with Crippen LogP contribution in [0, 0.1) is 5.82 Å². The molecule has 2 N–H and O–H groups in total. The number of nitrogens with one attached hydrogen (secondary N) is 2. The lowest BCUT2D eigenvalue weighted by atomic mass is 10.0. The second kappa shape index (κ2) is 10.6. The molecule has 1 saturated heterocycles. The van der Waals surface area contributed by atoms with E-state index in [9.17, 15) is 13.2 Å². The zero-order valence-corrected chi connectivity index (χ0v) is 20.6. The first kappa shape index (κ1) is 25.9. The Balaban J connectivity index is 1.50. The van der Waals surface area contributed by atoms with E-state index in [0.29, 0.717) is 43.1 Å². The minimum atomic E-state index is -4.81. The van der Waals surface area contributed by atoms with Crippen LogP contribution in [0.15, 0.2) is 36.7 Å². The summed E-state index contributed by atoms with van der Waals surface area (Å²) in [7, 11) is 3.19. The third-order valence-electron chi connectivity index (χ3n) is 6.20. The van der Waals surface area contributed by atoms with Gasteiger partial charge in [-0.25, -0.2) is 19.3 Å². The normalized spacial score (nSPS) is 16.4. The molecule has 4 heterocycles. The van der Waals surface area contributed by atoms with Gasteiger partial charge in [0.1, 0.15) is 28.4 Å². The van der Waals surface area contributed by atoms with Gasteiger partial charge in [-0.1, -0.05) is 0 Å². The molecule has 13 heteroatoms. The Morgan fingerprint density at radius 1 is 1.21 bits per heavy atom. The fourth-order valence-electron chi connectivity index (χ4n) is 4.48. The van der Waals surface area contributed by atoms with Crippen LogP contribution in [0.3, 0.4) is 0 Å². The van der Waals surface area contributed by atoms with Crippen molar-refractivity contribution in [3.63, 3.8) is 0 Å². The van der Waals surface area contributed by atoms with Gasteiger partial charge in [0.05, 0.1) is 36.6 Å². The number of methoxy groups -OCH3 is 1. The Kier molecular flexibility index (Phi) is 7.23. The van der Waals surface area contributed by atoms with Crippen LogP contribution in [0.4, 0.5) is 23.4 Å². The van der Waals surface area contributed by atoms with Gasteiger partial charge in [0.2, 0.25) is 0 Å². The number of H-pyrrole nitrogens is 1. The van der Waals surface area contributed by atoms with E-state index >= 15 is 4.39 Å². The second-order valence-electron chi connectivity index (χ2n) is 8.86. The molecule has 0 saturated carbocycles. The lowest BCUT2D eigenvalue weighted by molar-refractivity contribution is -0.137. The van der Waals surface area contributed by atoms with Crippen LogP contribution in [-0.4, -0.2) is 71.7 Å². The number of rotatable bonds is 7. The predicted molar refractivity (Wildman–Crippen MR) is 132 cm³/mol. The predicted octanol–water partition coefficient (Wildman–Crippen LogP) is 3.81. The number of aromatic amines is 1. The Morgan fingerprint density at radius 3 is 2.76 bits per heavy atom. The molecule has 9 nitrogen and oxygen atoms in total. The van der Waals surface area contributed by atoms with E-state index in [4.69, 9.17) is 9.47 Å². The minimum absolute atomic E-state index is 0.0603. The number of nitrogens with zero attached hydrogens (tertiary/aromatic N) is 5. The molecule has 4 aromatic rings. The number of halogens is 4. The molecule has 1 aromatic carbocycles. The molecule has 5 rings (SSSR count). The van der Waals surface area contributed by atoms with E-state index in [1.54, 1.807) is 26.4 Å². The fraction of sp³-hybridized carbons (Fsp3) is 0.360.